The van der Waals surface area contributed by atoms with E-state index in [-0.39, 0.29) is 6.04 Å². The minimum atomic E-state index is -0.788. The first-order valence-electron chi connectivity index (χ1n) is 6.34. The largest absolute Gasteiger partial charge is 0.497 e. The van der Waals surface area contributed by atoms with Crippen LogP contribution in [0, 0.1) is 0 Å². The number of carbonyl (C=O) groups is 2. The second kappa shape index (κ2) is 7.93. The molecule has 2 amide bonds. The molecule has 0 spiro atoms. The van der Waals surface area contributed by atoms with E-state index in [1.807, 2.05) is 13.8 Å². The lowest BCUT2D eigenvalue weighted by Gasteiger charge is -2.09. The summed E-state index contributed by atoms with van der Waals surface area (Å²) in [5.74, 6) is -0.790. The minimum absolute atomic E-state index is 0.0457. The van der Waals surface area contributed by atoms with Gasteiger partial charge in [0.25, 0.3) is 0 Å². The van der Waals surface area contributed by atoms with E-state index in [0.29, 0.717) is 5.75 Å². The number of rotatable bonds is 5. The monoisotopic (exact) mass is 277 g/mol. The third-order valence-corrected chi connectivity index (χ3v) is 2.67. The summed E-state index contributed by atoms with van der Waals surface area (Å²) in [6, 6.07) is 7.12. The zero-order valence-electron chi connectivity index (χ0n) is 11.8. The third-order valence-electron chi connectivity index (χ3n) is 2.67. The molecule has 0 aliphatic heterocycles. The second-order valence-corrected chi connectivity index (χ2v) is 4.26. The van der Waals surface area contributed by atoms with Crippen molar-refractivity contribution >= 4 is 18.0 Å². The van der Waals surface area contributed by atoms with Crippen molar-refractivity contribution in [1.29, 1.82) is 0 Å². The van der Waals surface area contributed by atoms with Crippen molar-refractivity contribution in [2.24, 2.45) is 5.10 Å². The van der Waals surface area contributed by atoms with Crippen LogP contribution in [0.25, 0.3) is 0 Å². The normalized spacial score (nSPS) is 11.9. The number of methoxy groups -OCH3 is 1. The number of ether oxygens (including phenoxy) is 1. The fraction of sp³-hybridized carbons (Fsp3) is 0.357. The molecule has 2 N–H and O–H groups in total. The summed E-state index contributed by atoms with van der Waals surface area (Å²) in [5, 5.41) is 6.28. The van der Waals surface area contributed by atoms with Gasteiger partial charge in [0.1, 0.15) is 5.75 Å². The van der Waals surface area contributed by atoms with Crippen LogP contribution < -0.4 is 15.5 Å². The molecule has 0 bridgehead atoms. The Balaban J connectivity index is 2.51. The van der Waals surface area contributed by atoms with Gasteiger partial charge in [0.2, 0.25) is 0 Å². The first-order valence-corrected chi connectivity index (χ1v) is 6.34. The van der Waals surface area contributed by atoms with Gasteiger partial charge in [-0.25, -0.2) is 5.43 Å². The highest BCUT2D eigenvalue weighted by atomic mass is 16.5. The van der Waals surface area contributed by atoms with Crippen LogP contribution in [-0.2, 0) is 9.59 Å². The molecule has 0 aliphatic carbocycles. The Morgan fingerprint density at radius 1 is 1.40 bits per heavy atom. The highest BCUT2D eigenvalue weighted by molar-refractivity contribution is 6.35. The Morgan fingerprint density at radius 2 is 2.15 bits per heavy atom. The average molecular weight is 277 g/mol. The molecule has 0 unspecified atom stereocenters. The number of nitrogens with one attached hydrogen (secondary N) is 2. The predicted molar refractivity (Wildman–Crippen MR) is 76.6 cm³/mol. The summed E-state index contributed by atoms with van der Waals surface area (Å²) in [4.78, 5) is 22.9. The van der Waals surface area contributed by atoms with Crippen molar-refractivity contribution in [1.82, 2.24) is 10.7 Å². The number of hydrogen-bond donors (Lipinski definition) is 2. The Hall–Kier alpha value is -2.37. The van der Waals surface area contributed by atoms with E-state index in [4.69, 9.17) is 4.74 Å². The molecule has 0 saturated heterocycles. The first kappa shape index (κ1) is 15.7. The molecule has 0 fully saturated rings. The summed E-state index contributed by atoms with van der Waals surface area (Å²) < 4.78 is 5.06. The minimum Gasteiger partial charge on any atom is -0.497 e. The number of hydrogen-bond acceptors (Lipinski definition) is 4. The number of carbonyl (C=O) groups excluding carboxylic acids is 2. The SMILES string of the molecule is CC[C@H](C)NC(=O)C(=O)N/N=C\c1cccc(OC)c1. The molecule has 0 aromatic heterocycles. The Kier molecular flexibility index (Phi) is 6.22. The molecule has 1 aromatic carbocycles. The maximum Gasteiger partial charge on any atom is 0.329 e. The van der Waals surface area contributed by atoms with Gasteiger partial charge in [0, 0.05) is 6.04 Å². The third kappa shape index (κ3) is 5.09. The average Bonchev–Trinajstić information content (AvgIpc) is 2.47. The van der Waals surface area contributed by atoms with Crippen LogP contribution in [0.5, 0.6) is 5.75 Å². The number of hydrazone groups is 1. The van der Waals surface area contributed by atoms with Gasteiger partial charge in [-0.1, -0.05) is 19.1 Å². The van der Waals surface area contributed by atoms with Gasteiger partial charge in [0.15, 0.2) is 0 Å². The quantitative estimate of drug-likeness (QED) is 0.480. The van der Waals surface area contributed by atoms with Crippen molar-refractivity contribution in [2.75, 3.05) is 7.11 Å². The van der Waals surface area contributed by atoms with Crippen LogP contribution in [-0.4, -0.2) is 31.2 Å². The Bertz CT molecular complexity index is 500. The van der Waals surface area contributed by atoms with Crippen LogP contribution in [0.4, 0.5) is 0 Å². The molecule has 20 heavy (non-hydrogen) atoms. The molecule has 6 nitrogen and oxygen atoms in total. The van der Waals surface area contributed by atoms with Crippen molar-refractivity contribution in [3.05, 3.63) is 29.8 Å². The van der Waals surface area contributed by atoms with Gasteiger partial charge in [-0.15, -0.1) is 0 Å². The van der Waals surface area contributed by atoms with E-state index in [0.717, 1.165) is 12.0 Å². The fourth-order valence-electron chi connectivity index (χ4n) is 1.33. The molecule has 6 heteroatoms. The summed E-state index contributed by atoms with van der Waals surface area (Å²) in [7, 11) is 1.57. The first-order chi connectivity index (χ1) is 9.56. The van der Waals surface area contributed by atoms with Gasteiger partial charge in [-0.05, 0) is 31.0 Å². The van der Waals surface area contributed by atoms with Crippen molar-refractivity contribution < 1.29 is 14.3 Å². The van der Waals surface area contributed by atoms with E-state index < -0.39 is 11.8 Å². The van der Waals surface area contributed by atoms with Crippen molar-refractivity contribution in [2.45, 2.75) is 26.3 Å². The molecule has 0 heterocycles. The molecule has 1 rings (SSSR count). The topological polar surface area (TPSA) is 79.8 Å². The fourth-order valence-corrected chi connectivity index (χ4v) is 1.33. The van der Waals surface area contributed by atoms with E-state index in [1.54, 1.807) is 31.4 Å². The Labute approximate surface area is 118 Å². The highest BCUT2D eigenvalue weighted by Gasteiger charge is 2.14. The van der Waals surface area contributed by atoms with Crippen LogP contribution >= 0.6 is 0 Å². The molecule has 108 valence electrons. The van der Waals surface area contributed by atoms with Crippen LogP contribution in [0.15, 0.2) is 29.4 Å². The van der Waals surface area contributed by atoms with E-state index >= 15 is 0 Å². The molecular weight excluding hydrogens is 258 g/mol. The summed E-state index contributed by atoms with van der Waals surface area (Å²) in [5.41, 5.74) is 2.93. The molecule has 0 radical (unpaired) electrons. The van der Waals surface area contributed by atoms with Crippen molar-refractivity contribution in [3.8, 4) is 5.75 Å². The van der Waals surface area contributed by atoms with Crippen molar-refractivity contribution in [3.63, 3.8) is 0 Å². The lowest BCUT2D eigenvalue weighted by Crippen LogP contribution is -2.41. The molecule has 1 atom stereocenters. The van der Waals surface area contributed by atoms with Crippen LogP contribution in [0.2, 0.25) is 0 Å². The molecule has 0 saturated carbocycles. The van der Waals surface area contributed by atoms with Crippen LogP contribution in [0.3, 0.4) is 0 Å². The lowest BCUT2D eigenvalue weighted by atomic mass is 10.2. The standard InChI is InChI=1S/C14H19N3O3/c1-4-10(2)16-13(18)14(19)17-15-9-11-6-5-7-12(8-11)20-3/h5-10H,4H2,1-3H3,(H,16,18)(H,17,19)/b15-9-/t10-/m0/s1. The Morgan fingerprint density at radius 3 is 2.80 bits per heavy atom. The van der Waals surface area contributed by atoms with Gasteiger partial charge in [0.05, 0.1) is 13.3 Å². The van der Waals surface area contributed by atoms with E-state index in [1.165, 1.54) is 6.21 Å². The number of nitrogens with zero attached hydrogens (tertiary/aromatic N) is 1. The molecule has 1 aromatic rings. The maximum atomic E-state index is 11.4. The van der Waals surface area contributed by atoms with E-state index in [9.17, 15) is 9.59 Å². The van der Waals surface area contributed by atoms with Gasteiger partial charge in [-0.3, -0.25) is 9.59 Å². The lowest BCUT2D eigenvalue weighted by molar-refractivity contribution is -0.139. The van der Waals surface area contributed by atoms with Crippen LogP contribution in [0.1, 0.15) is 25.8 Å². The highest BCUT2D eigenvalue weighted by Crippen LogP contribution is 2.10. The zero-order chi connectivity index (χ0) is 15.0. The van der Waals surface area contributed by atoms with Gasteiger partial charge < -0.3 is 10.1 Å². The molecular formula is C14H19N3O3. The second-order valence-electron chi connectivity index (χ2n) is 4.26. The van der Waals surface area contributed by atoms with Gasteiger partial charge >= 0.3 is 11.8 Å². The molecule has 0 aliphatic rings. The number of amides is 2. The summed E-state index contributed by atoms with van der Waals surface area (Å²) in [6.07, 6.45) is 2.20. The maximum absolute atomic E-state index is 11.4. The summed E-state index contributed by atoms with van der Waals surface area (Å²) >= 11 is 0. The smallest absolute Gasteiger partial charge is 0.329 e. The predicted octanol–water partition coefficient (Wildman–Crippen LogP) is 1.06. The number of benzene rings is 1. The van der Waals surface area contributed by atoms with E-state index in [2.05, 4.69) is 15.8 Å². The van der Waals surface area contributed by atoms with Gasteiger partial charge in [-0.2, -0.15) is 5.10 Å². The summed E-state index contributed by atoms with van der Waals surface area (Å²) in [6.45, 7) is 3.74. The zero-order valence-corrected chi connectivity index (χ0v) is 11.8.